The molecule has 5 nitrogen and oxygen atoms in total. The van der Waals surface area contributed by atoms with Crippen LogP contribution in [0, 0.1) is 0 Å². The van der Waals surface area contributed by atoms with E-state index in [2.05, 4.69) is 26.8 Å². The molecule has 6 heteroatoms. The maximum Gasteiger partial charge on any atom is 0.286 e. The Bertz CT molecular complexity index is 605. The number of carbonyl (C=O) groups excluding carboxylic acids is 2. The summed E-state index contributed by atoms with van der Waals surface area (Å²) in [5, 5.41) is 0. The molecular formula is C13H12BrN3O2. The Kier molecular flexibility index (Phi) is 4.01. The van der Waals surface area contributed by atoms with Crippen LogP contribution < -0.4 is 10.9 Å². The number of hydrazine groups is 1. The summed E-state index contributed by atoms with van der Waals surface area (Å²) in [6, 6.07) is 10.3. The van der Waals surface area contributed by atoms with Gasteiger partial charge < -0.3 is 4.57 Å². The smallest absolute Gasteiger partial charge is 0.286 e. The highest BCUT2D eigenvalue weighted by Crippen LogP contribution is 2.10. The Morgan fingerprint density at radius 1 is 1.05 bits per heavy atom. The summed E-state index contributed by atoms with van der Waals surface area (Å²) in [6.07, 6.45) is 1.76. The van der Waals surface area contributed by atoms with E-state index in [1.165, 1.54) is 0 Å². The van der Waals surface area contributed by atoms with E-state index in [9.17, 15) is 9.59 Å². The fourth-order valence-electron chi connectivity index (χ4n) is 1.55. The van der Waals surface area contributed by atoms with Crippen LogP contribution in [-0.4, -0.2) is 16.4 Å². The Balaban J connectivity index is 1.96. The second kappa shape index (κ2) is 5.71. The van der Waals surface area contributed by atoms with Crippen LogP contribution >= 0.6 is 15.9 Å². The summed E-state index contributed by atoms with van der Waals surface area (Å²) < 4.78 is 2.55. The third kappa shape index (κ3) is 3.23. The summed E-state index contributed by atoms with van der Waals surface area (Å²) in [5.74, 6) is -0.729. The van der Waals surface area contributed by atoms with Crippen LogP contribution in [-0.2, 0) is 7.05 Å². The molecule has 0 atom stereocenters. The van der Waals surface area contributed by atoms with Gasteiger partial charge >= 0.3 is 0 Å². The second-order valence-electron chi connectivity index (χ2n) is 3.92. The van der Waals surface area contributed by atoms with Crippen molar-refractivity contribution in [2.24, 2.45) is 7.05 Å². The van der Waals surface area contributed by atoms with E-state index in [1.54, 1.807) is 54.2 Å². The van der Waals surface area contributed by atoms with Crippen molar-refractivity contribution in [2.45, 2.75) is 0 Å². The molecule has 0 unspecified atom stereocenters. The van der Waals surface area contributed by atoms with Gasteiger partial charge in [-0.2, -0.15) is 0 Å². The SMILES string of the molecule is Cn1cccc1C(=O)NNC(=O)c1ccc(Br)cc1. The van der Waals surface area contributed by atoms with Crippen LogP contribution in [0.15, 0.2) is 47.1 Å². The lowest BCUT2D eigenvalue weighted by molar-refractivity contribution is 0.0842. The molecule has 0 radical (unpaired) electrons. The molecule has 2 amide bonds. The molecule has 0 saturated heterocycles. The van der Waals surface area contributed by atoms with Gasteiger partial charge in [-0.05, 0) is 36.4 Å². The lowest BCUT2D eigenvalue weighted by atomic mass is 10.2. The first-order chi connectivity index (χ1) is 9.08. The van der Waals surface area contributed by atoms with Gasteiger partial charge in [0.2, 0.25) is 0 Å². The van der Waals surface area contributed by atoms with Crippen LogP contribution in [0.2, 0.25) is 0 Å². The molecule has 1 heterocycles. The van der Waals surface area contributed by atoms with E-state index in [4.69, 9.17) is 0 Å². The average molecular weight is 322 g/mol. The minimum absolute atomic E-state index is 0.363. The van der Waals surface area contributed by atoms with Gasteiger partial charge in [0.05, 0.1) is 0 Å². The van der Waals surface area contributed by atoms with Crippen molar-refractivity contribution in [3.05, 3.63) is 58.3 Å². The number of nitrogens with zero attached hydrogens (tertiary/aromatic N) is 1. The standard InChI is InChI=1S/C13H12BrN3O2/c1-17-8-2-3-11(17)13(19)16-15-12(18)9-4-6-10(14)7-5-9/h2-8H,1H3,(H,15,18)(H,16,19). The van der Waals surface area contributed by atoms with E-state index in [-0.39, 0.29) is 11.8 Å². The highest BCUT2D eigenvalue weighted by atomic mass is 79.9. The Morgan fingerprint density at radius 2 is 1.68 bits per heavy atom. The van der Waals surface area contributed by atoms with Gasteiger partial charge in [-0.1, -0.05) is 15.9 Å². The zero-order chi connectivity index (χ0) is 13.8. The van der Waals surface area contributed by atoms with Gasteiger partial charge in [-0.25, -0.2) is 0 Å². The summed E-state index contributed by atoms with van der Waals surface area (Å²) in [6.45, 7) is 0. The number of aromatic nitrogens is 1. The van der Waals surface area contributed by atoms with Crippen molar-refractivity contribution in [3.63, 3.8) is 0 Å². The number of hydrogen-bond acceptors (Lipinski definition) is 2. The molecule has 0 fully saturated rings. The third-order valence-electron chi connectivity index (χ3n) is 2.57. The fourth-order valence-corrected chi connectivity index (χ4v) is 1.81. The molecule has 1 aromatic heterocycles. The van der Waals surface area contributed by atoms with Crippen LogP contribution in [0.3, 0.4) is 0 Å². The first-order valence-electron chi connectivity index (χ1n) is 5.55. The van der Waals surface area contributed by atoms with Gasteiger partial charge in [-0.15, -0.1) is 0 Å². The molecule has 1 aromatic carbocycles. The number of carbonyl (C=O) groups is 2. The second-order valence-corrected chi connectivity index (χ2v) is 4.84. The maximum atomic E-state index is 11.8. The van der Waals surface area contributed by atoms with Gasteiger partial charge in [0.1, 0.15) is 5.69 Å². The highest BCUT2D eigenvalue weighted by molar-refractivity contribution is 9.10. The number of amides is 2. The molecule has 0 aliphatic rings. The van der Waals surface area contributed by atoms with Crippen molar-refractivity contribution in [3.8, 4) is 0 Å². The van der Waals surface area contributed by atoms with Crippen LogP contribution in [0.4, 0.5) is 0 Å². The van der Waals surface area contributed by atoms with Crippen molar-refractivity contribution >= 4 is 27.7 Å². The maximum absolute atomic E-state index is 11.8. The summed E-state index contributed by atoms with van der Waals surface area (Å²) in [4.78, 5) is 23.5. The number of rotatable bonds is 2. The number of hydrogen-bond donors (Lipinski definition) is 2. The average Bonchev–Trinajstić information content (AvgIpc) is 2.83. The molecule has 0 spiro atoms. The van der Waals surface area contributed by atoms with Crippen molar-refractivity contribution in [1.29, 1.82) is 0 Å². The number of benzene rings is 1. The Hall–Kier alpha value is -2.08. The largest absolute Gasteiger partial charge is 0.347 e. The summed E-state index contributed by atoms with van der Waals surface area (Å²) in [5.41, 5.74) is 5.67. The van der Waals surface area contributed by atoms with Crippen LogP contribution in [0.25, 0.3) is 0 Å². The first kappa shape index (κ1) is 13.4. The molecule has 0 bridgehead atoms. The first-order valence-corrected chi connectivity index (χ1v) is 6.35. The summed E-state index contributed by atoms with van der Waals surface area (Å²) in [7, 11) is 1.76. The summed E-state index contributed by atoms with van der Waals surface area (Å²) >= 11 is 3.29. The van der Waals surface area contributed by atoms with E-state index < -0.39 is 0 Å². The van der Waals surface area contributed by atoms with E-state index in [0.717, 1.165) is 4.47 Å². The quantitative estimate of drug-likeness (QED) is 0.829. The monoisotopic (exact) mass is 321 g/mol. The fraction of sp³-hybridized carbons (Fsp3) is 0.0769. The molecule has 98 valence electrons. The molecule has 19 heavy (non-hydrogen) atoms. The number of aryl methyl sites for hydroxylation is 1. The van der Waals surface area contributed by atoms with Gasteiger partial charge in [-0.3, -0.25) is 20.4 Å². The molecule has 2 N–H and O–H groups in total. The normalized spacial score (nSPS) is 10.0. The molecule has 0 aliphatic carbocycles. The Morgan fingerprint density at radius 3 is 2.26 bits per heavy atom. The minimum atomic E-state index is -0.366. The van der Waals surface area contributed by atoms with E-state index >= 15 is 0 Å². The molecule has 2 aromatic rings. The lowest BCUT2D eigenvalue weighted by Gasteiger charge is -2.08. The zero-order valence-corrected chi connectivity index (χ0v) is 11.8. The van der Waals surface area contributed by atoms with Gasteiger partial charge in [0, 0.05) is 23.3 Å². The Labute approximate surface area is 118 Å². The van der Waals surface area contributed by atoms with E-state index in [0.29, 0.717) is 11.3 Å². The predicted octanol–water partition coefficient (Wildman–Crippen LogP) is 1.86. The lowest BCUT2D eigenvalue weighted by Crippen LogP contribution is -2.42. The third-order valence-corrected chi connectivity index (χ3v) is 3.10. The molecule has 0 saturated carbocycles. The van der Waals surface area contributed by atoms with Crippen molar-refractivity contribution in [1.82, 2.24) is 15.4 Å². The number of halogens is 1. The van der Waals surface area contributed by atoms with Crippen molar-refractivity contribution in [2.75, 3.05) is 0 Å². The number of nitrogens with one attached hydrogen (secondary N) is 2. The van der Waals surface area contributed by atoms with Crippen LogP contribution in [0.5, 0.6) is 0 Å². The van der Waals surface area contributed by atoms with Crippen LogP contribution in [0.1, 0.15) is 20.8 Å². The predicted molar refractivity (Wildman–Crippen MR) is 74.5 cm³/mol. The zero-order valence-electron chi connectivity index (χ0n) is 10.2. The topological polar surface area (TPSA) is 63.1 Å². The molecular weight excluding hydrogens is 310 g/mol. The van der Waals surface area contributed by atoms with E-state index in [1.807, 2.05) is 0 Å². The molecule has 0 aliphatic heterocycles. The molecule has 2 rings (SSSR count). The van der Waals surface area contributed by atoms with Gasteiger partial charge in [0.25, 0.3) is 11.8 Å². The minimum Gasteiger partial charge on any atom is -0.347 e. The van der Waals surface area contributed by atoms with Crippen molar-refractivity contribution < 1.29 is 9.59 Å². The highest BCUT2D eigenvalue weighted by Gasteiger charge is 2.10. The van der Waals surface area contributed by atoms with Gasteiger partial charge in [0.15, 0.2) is 0 Å².